The predicted molar refractivity (Wildman–Crippen MR) is 64.0 cm³/mol. The van der Waals surface area contributed by atoms with E-state index in [9.17, 15) is 8.78 Å². The maximum absolute atomic E-state index is 13.7. The standard InChI is InChI=1S/C13H19F2NO/c1-3-4-5-6-12(16)13-10(14)7-9(17-2)8-11(13)15/h7-8,12H,3-6,16H2,1-2H3. The number of benzene rings is 1. The summed E-state index contributed by atoms with van der Waals surface area (Å²) < 4.78 is 32.1. The lowest BCUT2D eigenvalue weighted by atomic mass is 10.00. The van der Waals surface area contributed by atoms with Gasteiger partial charge in [0.2, 0.25) is 0 Å². The zero-order valence-corrected chi connectivity index (χ0v) is 10.3. The second kappa shape index (κ2) is 6.55. The lowest BCUT2D eigenvalue weighted by Crippen LogP contribution is -2.14. The quantitative estimate of drug-likeness (QED) is 0.775. The Morgan fingerprint density at radius 3 is 2.29 bits per heavy atom. The molecule has 17 heavy (non-hydrogen) atoms. The fraction of sp³-hybridized carbons (Fsp3) is 0.538. The first kappa shape index (κ1) is 13.9. The summed E-state index contributed by atoms with van der Waals surface area (Å²) in [5.74, 6) is -1.10. The number of halogens is 2. The van der Waals surface area contributed by atoms with Gasteiger partial charge in [-0.2, -0.15) is 0 Å². The van der Waals surface area contributed by atoms with Crippen molar-refractivity contribution in [3.63, 3.8) is 0 Å². The van der Waals surface area contributed by atoms with Crippen LogP contribution in [0.5, 0.6) is 5.75 Å². The highest BCUT2D eigenvalue weighted by molar-refractivity contribution is 5.32. The predicted octanol–water partition coefficient (Wildman–Crippen LogP) is 3.55. The zero-order valence-electron chi connectivity index (χ0n) is 10.3. The summed E-state index contributed by atoms with van der Waals surface area (Å²) in [5, 5.41) is 0. The van der Waals surface area contributed by atoms with Crippen molar-refractivity contribution in [2.75, 3.05) is 7.11 Å². The highest BCUT2D eigenvalue weighted by atomic mass is 19.1. The van der Waals surface area contributed by atoms with Crippen LogP contribution in [0.25, 0.3) is 0 Å². The zero-order chi connectivity index (χ0) is 12.8. The van der Waals surface area contributed by atoms with Crippen molar-refractivity contribution < 1.29 is 13.5 Å². The molecular weight excluding hydrogens is 224 g/mol. The van der Waals surface area contributed by atoms with Gasteiger partial charge in [0.1, 0.15) is 17.4 Å². The van der Waals surface area contributed by atoms with E-state index in [1.165, 1.54) is 7.11 Å². The molecule has 1 atom stereocenters. The molecule has 0 saturated carbocycles. The topological polar surface area (TPSA) is 35.2 Å². The molecular formula is C13H19F2NO. The van der Waals surface area contributed by atoms with Crippen LogP contribution in [-0.4, -0.2) is 7.11 Å². The molecule has 96 valence electrons. The van der Waals surface area contributed by atoms with Crippen molar-refractivity contribution in [3.05, 3.63) is 29.3 Å². The Morgan fingerprint density at radius 2 is 1.82 bits per heavy atom. The minimum atomic E-state index is -0.633. The maximum Gasteiger partial charge on any atom is 0.134 e. The Hall–Kier alpha value is -1.16. The average molecular weight is 243 g/mol. The first-order chi connectivity index (χ1) is 8.10. The van der Waals surface area contributed by atoms with Gasteiger partial charge in [0.25, 0.3) is 0 Å². The lowest BCUT2D eigenvalue weighted by Gasteiger charge is -2.14. The highest BCUT2D eigenvalue weighted by Crippen LogP contribution is 2.27. The number of hydrogen-bond donors (Lipinski definition) is 1. The van der Waals surface area contributed by atoms with Gasteiger partial charge in [0.15, 0.2) is 0 Å². The third-order valence-corrected chi connectivity index (χ3v) is 2.78. The molecule has 0 heterocycles. The summed E-state index contributed by atoms with van der Waals surface area (Å²) in [4.78, 5) is 0. The summed E-state index contributed by atoms with van der Waals surface area (Å²) in [6.07, 6.45) is 3.55. The molecule has 2 N–H and O–H groups in total. The van der Waals surface area contributed by atoms with E-state index in [2.05, 4.69) is 6.92 Å². The van der Waals surface area contributed by atoms with E-state index in [0.29, 0.717) is 6.42 Å². The maximum atomic E-state index is 13.7. The molecule has 4 heteroatoms. The Kier molecular flexibility index (Phi) is 5.35. The molecule has 0 aromatic heterocycles. The van der Waals surface area contributed by atoms with Crippen molar-refractivity contribution in [1.82, 2.24) is 0 Å². The summed E-state index contributed by atoms with van der Waals surface area (Å²) in [6, 6.07) is 1.74. The lowest BCUT2D eigenvalue weighted by molar-refractivity contribution is 0.402. The van der Waals surface area contributed by atoms with Gasteiger partial charge in [-0.15, -0.1) is 0 Å². The van der Waals surface area contributed by atoms with Crippen LogP contribution in [0.3, 0.4) is 0 Å². The molecule has 0 aliphatic carbocycles. The van der Waals surface area contributed by atoms with Crippen LogP contribution in [0.4, 0.5) is 8.78 Å². The molecule has 0 aliphatic heterocycles. The molecule has 0 bridgehead atoms. The van der Waals surface area contributed by atoms with E-state index in [1.54, 1.807) is 0 Å². The van der Waals surface area contributed by atoms with Gasteiger partial charge in [-0.05, 0) is 6.42 Å². The number of unbranched alkanes of at least 4 members (excludes halogenated alkanes) is 2. The van der Waals surface area contributed by atoms with Crippen molar-refractivity contribution in [2.45, 2.75) is 38.6 Å². The summed E-state index contributed by atoms with van der Waals surface area (Å²) >= 11 is 0. The van der Waals surface area contributed by atoms with Crippen LogP contribution < -0.4 is 10.5 Å². The van der Waals surface area contributed by atoms with Crippen LogP contribution in [-0.2, 0) is 0 Å². The monoisotopic (exact) mass is 243 g/mol. The molecule has 0 radical (unpaired) electrons. The smallest absolute Gasteiger partial charge is 0.134 e. The van der Waals surface area contributed by atoms with Gasteiger partial charge in [-0.1, -0.05) is 26.2 Å². The molecule has 1 rings (SSSR count). The van der Waals surface area contributed by atoms with Gasteiger partial charge in [0, 0.05) is 23.7 Å². The van der Waals surface area contributed by atoms with Crippen LogP contribution in [0.2, 0.25) is 0 Å². The van der Waals surface area contributed by atoms with Gasteiger partial charge in [-0.3, -0.25) is 0 Å². The van der Waals surface area contributed by atoms with Gasteiger partial charge in [0.05, 0.1) is 7.11 Å². The van der Waals surface area contributed by atoms with Crippen LogP contribution in [0, 0.1) is 11.6 Å². The summed E-state index contributed by atoms with van der Waals surface area (Å²) in [7, 11) is 1.37. The molecule has 0 spiro atoms. The van der Waals surface area contributed by atoms with Gasteiger partial charge in [-0.25, -0.2) is 8.78 Å². The number of ether oxygens (including phenoxy) is 1. The molecule has 1 aromatic carbocycles. The Labute approximate surface area is 101 Å². The second-order valence-electron chi connectivity index (χ2n) is 4.11. The van der Waals surface area contributed by atoms with E-state index in [4.69, 9.17) is 10.5 Å². The van der Waals surface area contributed by atoms with Crippen molar-refractivity contribution in [2.24, 2.45) is 5.73 Å². The molecule has 0 amide bonds. The fourth-order valence-electron chi connectivity index (χ4n) is 1.79. The van der Waals surface area contributed by atoms with E-state index in [1.807, 2.05) is 0 Å². The highest BCUT2D eigenvalue weighted by Gasteiger charge is 2.17. The molecule has 1 aromatic rings. The van der Waals surface area contributed by atoms with E-state index in [-0.39, 0.29) is 11.3 Å². The van der Waals surface area contributed by atoms with Gasteiger partial charge < -0.3 is 10.5 Å². The molecule has 0 saturated heterocycles. The molecule has 0 fully saturated rings. The molecule has 2 nitrogen and oxygen atoms in total. The van der Waals surface area contributed by atoms with Gasteiger partial charge >= 0.3 is 0 Å². The van der Waals surface area contributed by atoms with Crippen LogP contribution in [0.1, 0.15) is 44.2 Å². The first-order valence-electron chi connectivity index (χ1n) is 5.88. The number of hydrogen-bond acceptors (Lipinski definition) is 2. The minimum Gasteiger partial charge on any atom is -0.497 e. The van der Waals surface area contributed by atoms with Crippen molar-refractivity contribution >= 4 is 0 Å². The number of methoxy groups -OCH3 is 1. The summed E-state index contributed by atoms with van der Waals surface area (Å²) in [5.41, 5.74) is 5.77. The van der Waals surface area contributed by atoms with E-state index in [0.717, 1.165) is 31.4 Å². The van der Waals surface area contributed by atoms with Crippen molar-refractivity contribution in [3.8, 4) is 5.75 Å². The Balaban J connectivity index is 2.82. The van der Waals surface area contributed by atoms with E-state index < -0.39 is 17.7 Å². The Bertz CT molecular complexity index is 345. The Morgan fingerprint density at radius 1 is 1.24 bits per heavy atom. The van der Waals surface area contributed by atoms with Crippen LogP contribution in [0.15, 0.2) is 12.1 Å². The van der Waals surface area contributed by atoms with Crippen molar-refractivity contribution in [1.29, 1.82) is 0 Å². The molecule has 0 aliphatic rings. The molecule has 1 unspecified atom stereocenters. The average Bonchev–Trinajstić information content (AvgIpc) is 2.28. The minimum absolute atomic E-state index is 0.0399. The third kappa shape index (κ3) is 3.66. The second-order valence-corrected chi connectivity index (χ2v) is 4.11. The fourth-order valence-corrected chi connectivity index (χ4v) is 1.79. The number of nitrogens with two attached hydrogens (primary N) is 1. The van der Waals surface area contributed by atoms with Crippen LogP contribution >= 0.6 is 0 Å². The largest absolute Gasteiger partial charge is 0.497 e. The summed E-state index contributed by atoms with van der Waals surface area (Å²) in [6.45, 7) is 2.07. The normalized spacial score (nSPS) is 12.5. The SMILES string of the molecule is CCCCCC(N)c1c(F)cc(OC)cc1F. The first-order valence-corrected chi connectivity index (χ1v) is 5.88. The number of rotatable bonds is 6. The third-order valence-electron chi connectivity index (χ3n) is 2.78. The van der Waals surface area contributed by atoms with E-state index >= 15 is 0 Å².